The number of nitrogens with zero attached hydrogens (tertiary/aromatic N) is 1. The molecule has 0 aromatic heterocycles. The molecule has 2 aromatic carbocycles. The van der Waals surface area contributed by atoms with Gasteiger partial charge >= 0.3 is 0 Å². The maximum Gasteiger partial charge on any atom is 0.245 e. The lowest BCUT2D eigenvalue weighted by molar-refractivity contribution is -0.119. The number of ether oxygens (including phenoxy) is 1. The number of fused-ring (bicyclic) bond motifs is 1. The van der Waals surface area contributed by atoms with E-state index in [1.54, 1.807) is 6.07 Å². The van der Waals surface area contributed by atoms with Gasteiger partial charge in [-0.3, -0.25) is 9.59 Å². The molecule has 10 heteroatoms. The summed E-state index contributed by atoms with van der Waals surface area (Å²) in [5, 5.41) is -0.0203. The van der Waals surface area contributed by atoms with Crippen molar-refractivity contribution in [1.29, 1.82) is 0 Å². The zero-order valence-electron chi connectivity index (χ0n) is 18.4. The second kappa shape index (κ2) is 11.8. The molecule has 184 valence electrons. The number of hydrogen-bond acceptors (Lipinski definition) is 5. The summed E-state index contributed by atoms with van der Waals surface area (Å²) >= 11 is 7.04. The van der Waals surface area contributed by atoms with Crippen LogP contribution in [0.3, 0.4) is 0 Å². The molecule has 1 amide bonds. The van der Waals surface area contributed by atoms with Gasteiger partial charge in [0.15, 0.2) is 5.78 Å². The second-order valence-electron chi connectivity index (χ2n) is 8.41. The number of halogens is 4. The van der Waals surface area contributed by atoms with Crippen LogP contribution in [0.2, 0.25) is 5.02 Å². The molecule has 2 aromatic rings. The number of hydrogen-bond donors (Lipinski definition) is 1. The molecule has 0 aliphatic carbocycles. The van der Waals surface area contributed by atoms with Gasteiger partial charge in [0.2, 0.25) is 5.91 Å². The van der Waals surface area contributed by atoms with Gasteiger partial charge in [-0.2, -0.15) is 0 Å². The SMILES string of the molecule is Cl.N[C@H]1CSc2cc(F)c(C(=O)CCC3CCOCC3)cc2N(Cc2ccc(Cl)c(F)c2)C1=O. The van der Waals surface area contributed by atoms with E-state index >= 15 is 0 Å². The van der Waals surface area contributed by atoms with Crippen molar-refractivity contribution in [2.45, 2.75) is 43.2 Å². The van der Waals surface area contributed by atoms with Crippen LogP contribution in [0.5, 0.6) is 0 Å². The van der Waals surface area contributed by atoms with Gasteiger partial charge in [0.05, 0.1) is 28.9 Å². The predicted molar refractivity (Wildman–Crippen MR) is 132 cm³/mol. The molecule has 2 aliphatic rings. The summed E-state index contributed by atoms with van der Waals surface area (Å²) in [4.78, 5) is 27.9. The molecule has 34 heavy (non-hydrogen) atoms. The molecule has 2 N–H and O–H groups in total. The van der Waals surface area contributed by atoms with Gasteiger partial charge in [-0.05, 0) is 55.0 Å². The number of carbonyl (C=O) groups is 2. The summed E-state index contributed by atoms with van der Waals surface area (Å²) in [6.07, 6.45) is 2.69. The fraction of sp³-hybridized carbons (Fsp3) is 0.417. The quantitative estimate of drug-likeness (QED) is 0.506. The molecule has 1 saturated heterocycles. The van der Waals surface area contributed by atoms with E-state index in [9.17, 15) is 18.4 Å². The van der Waals surface area contributed by atoms with Crippen molar-refractivity contribution >= 4 is 53.1 Å². The van der Waals surface area contributed by atoms with Crippen molar-refractivity contribution in [2.24, 2.45) is 11.7 Å². The van der Waals surface area contributed by atoms with Gasteiger partial charge < -0.3 is 15.4 Å². The lowest BCUT2D eigenvalue weighted by atomic mass is 9.92. The summed E-state index contributed by atoms with van der Waals surface area (Å²) in [6.45, 7) is 1.40. The number of carbonyl (C=O) groups excluding carboxylic acids is 2. The Morgan fingerprint density at radius 1 is 1.18 bits per heavy atom. The van der Waals surface area contributed by atoms with Gasteiger partial charge in [0.25, 0.3) is 0 Å². The van der Waals surface area contributed by atoms with Crippen LogP contribution in [-0.2, 0) is 16.1 Å². The van der Waals surface area contributed by atoms with Crippen molar-refractivity contribution in [3.05, 3.63) is 58.1 Å². The van der Waals surface area contributed by atoms with Crippen LogP contribution in [0, 0.1) is 17.6 Å². The largest absolute Gasteiger partial charge is 0.381 e. The Bertz CT molecular complexity index is 1070. The molecular formula is C24H26Cl2F2N2O3S. The van der Waals surface area contributed by atoms with E-state index in [0.717, 1.165) is 12.8 Å². The zero-order chi connectivity index (χ0) is 23.5. The molecule has 0 bridgehead atoms. The first-order valence-corrected chi connectivity index (χ1v) is 12.3. The normalized spacial score (nSPS) is 18.8. The molecule has 5 nitrogen and oxygen atoms in total. The van der Waals surface area contributed by atoms with E-state index in [0.29, 0.717) is 41.7 Å². The smallest absolute Gasteiger partial charge is 0.245 e. The monoisotopic (exact) mass is 530 g/mol. The van der Waals surface area contributed by atoms with Gasteiger partial charge in [0.1, 0.15) is 11.6 Å². The van der Waals surface area contributed by atoms with Crippen LogP contribution in [0.4, 0.5) is 14.5 Å². The zero-order valence-corrected chi connectivity index (χ0v) is 20.8. The standard InChI is InChI=1S/C24H25ClF2N2O3S.ClH/c25-17-3-1-15(9-19(17)27)12-29-21-10-16(22(30)4-2-14-5-7-32-8-6-14)18(26)11-23(21)33-13-20(28)24(29)31;/h1,3,9-11,14,20H,2,4-8,12-13,28H2;1H/t20-;/m0./s1. The average molecular weight is 531 g/mol. The topological polar surface area (TPSA) is 72.6 Å². The fourth-order valence-electron chi connectivity index (χ4n) is 4.14. The average Bonchev–Trinajstić information content (AvgIpc) is 2.92. The first-order chi connectivity index (χ1) is 15.8. The van der Waals surface area contributed by atoms with Gasteiger partial charge in [-0.1, -0.05) is 17.7 Å². The Hall–Kier alpha value is -1.71. The number of rotatable bonds is 6. The van der Waals surface area contributed by atoms with E-state index < -0.39 is 17.7 Å². The van der Waals surface area contributed by atoms with E-state index in [4.69, 9.17) is 22.1 Å². The first kappa shape index (κ1) is 26.9. The molecule has 1 atom stereocenters. The Balaban J connectivity index is 0.00000324. The number of thioether (sulfide) groups is 1. The van der Waals surface area contributed by atoms with E-state index in [1.165, 1.54) is 40.9 Å². The molecule has 0 saturated carbocycles. The lowest BCUT2D eigenvalue weighted by Crippen LogP contribution is -2.44. The van der Waals surface area contributed by atoms with Gasteiger partial charge in [-0.25, -0.2) is 8.78 Å². The fourth-order valence-corrected chi connectivity index (χ4v) is 5.27. The molecular weight excluding hydrogens is 505 g/mol. The van der Waals surface area contributed by atoms with Crippen LogP contribution in [-0.4, -0.2) is 36.7 Å². The highest BCUT2D eigenvalue weighted by molar-refractivity contribution is 7.99. The maximum absolute atomic E-state index is 14.9. The highest BCUT2D eigenvalue weighted by atomic mass is 35.5. The Kier molecular flexibility index (Phi) is 9.34. The number of amides is 1. The highest BCUT2D eigenvalue weighted by Crippen LogP contribution is 2.37. The summed E-state index contributed by atoms with van der Waals surface area (Å²) in [7, 11) is 0. The molecule has 0 unspecified atom stereocenters. The predicted octanol–water partition coefficient (Wildman–Crippen LogP) is 5.40. The van der Waals surface area contributed by atoms with Crippen molar-refractivity contribution in [1.82, 2.24) is 0 Å². The van der Waals surface area contributed by atoms with Crippen molar-refractivity contribution in [2.75, 3.05) is 23.9 Å². The van der Waals surface area contributed by atoms with Gasteiger partial charge in [-0.15, -0.1) is 24.2 Å². The number of ketones is 1. The molecule has 2 aliphatic heterocycles. The minimum Gasteiger partial charge on any atom is -0.381 e. The highest BCUT2D eigenvalue weighted by Gasteiger charge is 2.31. The van der Waals surface area contributed by atoms with E-state index in [-0.39, 0.29) is 53.4 Å². The Morgan fingerprint density at radius 2 is 1.91 bits per heavy atom. The third-order valence-corrected chi connectivity index (χ3v) is 7.56. The van der Waals surface area contributed by atoms with Crippen LogP contribution in [0.1, 0.15) is 41.6 Å². The maximum atomic E-state index is 14.9. The number of Topliss-reactive ketones (excluding diaryl/α,β-unsaturated/α-hetero) is 1. The summed E-state index contributed by atoms with van der Waals surface area (Å²) < 4.78 is 34.2. The van der Waals surface area contributed by atoms with Crippen LogP contribution < -0.4 is 10.6 Å². The summed E-state index contributed by atoms with van der Waals surface area (Å²) in [5.41, 5.74) is 6.91. The summed E-state index contributed by atoms with van der Waals surface area (Å²) in [6, 6.07) is 6.21. The third-order valence-electron chi connectivity index (χ3n) is 6.09. The third kappa shape index (κ3) is 6.10. The number of nitrogens with two attached hydrogens (primary N) is 1. The van der Waals surface area contributed by atoms with Crippen molar-refractivity contribution < 1.29 is 23.1 Å². The number of benzene rings is 2. The Labute approximate surface area is 212 Å². The molecule has 0 radical (unpaired) electrons. The van der Waals surface area contributed by atoms with Gasteiger partial charge in [0, 0.05) is 30.3 Å². The molecule has 4 rings (SSSR count). The molecule has 2 heterocycles. The molecule has 0 spiro atoms. The van der Waals surface area contributed by atoms with Crippen molar-refractivity contribution in [3.8, 4) is 0 Å². The van der Waals surface area contributed by atoms with Crippen LogP contribution in [0.25, 0.3) is 0 Å². The van der Waals surface area contributed by atoms with E-state index in [1.807, 2.05) is 0 Å². The van der Waals surface area contributed by atoms with Crippen LogP contribution in [0.15, 0.2) is 35.2 Å². The minimum atomic E-state index is -0.810. The number of anilines is 1. The lowest BCUT2D eigenvalue weighted by Gasteiger charge is -2.25. The van der Waals surface area contributed by atoms with Crippen molar-refractivity contribution in [3.63, 3.8) is 0 Å². The minimum absolute atomic E-state index is 0. The van der Waals surface area contributed by atoms with Crippen LogP contribution >= 0.6 is 35.8 Å². The second-order valence-corrected chi connectivity index (χ2v) is 9.88. The molecule has 1 fully saturated rings. The first-order valence-electron chi connectivity index (χ1n) is 10.9. The Morgan fingerprint density at radius 3 is 2.62 bits per heavy atom. The van der Waals surface area contributed by atoms with E-state index in [2.05, 4.69) is 0 Å². The summed E-state index contributed by atoms with van der Waals surface area (Å²) in [5.74, 6) is -1.22.